The highest BCUT2D eigenvalue weighted by molar-refractivity contribution is 8.03. The molecule has 1 aromatic heterocycles. The van der Waals surface area contributed by atoms with Gasteiger partial charge >= 0.3 is 0 Å². The Morgan fingerprint density at radius 3 is 2.67 bits per heavy atom. The number of rotatable bonds is 4. The lowest BCUT2D eigenvalue weighted by atomic mass is 10.4. The molecule has 0 atom stereocenters. The number of nitrogens with zero attached hydrogens (tertiary/aromatic N) is 2. The van der Waals surface area contributed by atoms with Crippen LogP contribution in [0.4, 0.5) is 0 Å². The van der Waals surface area contributed by atoms with Crippen LogP contribution >= 0.6 is 34.9 Å². The van der Waals surface area contributed by atoms with Crippen LogP contribution in [0.3, 0.4) is 0 Å². The third kappa shape index (κ3) is 3.16. The van der Waals surface area contributed by atoms with Crippen molar-refractivity contribution < 1.29 is 0 Å². The minimum atomic E-state index is 0.934. The van der Waals surface area contributed by atoms with E-state index in [1.165, 1.54) is 5.57 Å². The van der Waals surface area contributed by atoms with E-state index in [0.29, 0.717) is 0 Å². The zero-order valence-corrected chi connectivity index (χ0v) is 9.48. The van der Waals surface area contributed by atoms with E-state index in [4.69, 9.17) is 0 Å². The predicted octanol–water partition coefficient (Wildman–Crippen LogP) is 2.93. The van der Waals surface area contributed by atoms with E-state index >= 15 is 0 Å². The molecule has 0 bridgehead atoms. The van der Waals surface area contributed by atoms with Crippen molar-refractivity contribution in [3.05, 3.63) is 12.2 Å². The van der Waals surface area contributed by atoms with Crippen LogP contribution in [0.5, 0.6) is 0 Å². The minimum Gasteiger partial charge on any atom is -0.131 e. The van der Waals surface area contributed by atoms with E-state index < -0.39 is 0 Å². The van der Waals surface area contributed by atoms with Gasteiger partial charge in [0.05, 0.1) is 0 Å². The van der Waals surface area contributed by atoms with Crippen molar-refractivity contribution in [2.45, 2.75) is 15.6 Å². The minimum absolute atomic E-state index is 0.934. The van der Waals surface area contributed by atoms with Gasteiger partial charge in [0.1, 0.15) is 0 Å². The Kier molecular flexibility index (Phi) is 4.11. The molecule has 0 aromatic carbocycles. The van der Waals surface area contributed by atoms with Crippen LogP contribution in [0.1, 0.15) is 6.92 Å². The summed E-state index contributed by atoms with van der Waals surface area (Å²) in [5.41, 5.74) is 1.17. The monoisotopic (exact) mass is 218 g/mol. The lowest BCUT2D eigenvalue weighted by Gasteiger charge is -1.92. The maximum Gasteiger partial charge on any atom is 0.175 e. The average Bonchev–Trinajstić information content (AvgIpc) is 2.48. The second kappa shape index (κ2) is 4.89. The molecular weight excluding hydrogens is 208 g/mol. The Hall–Kier alpha value is -0.0000000000000000833. The number of aromatic nitrogens is 2. The van der Waals surface area contributed by atoms with Gasteiger partial charge in [-0.2, -0.15) is 0 Å². The molecule has 1 rings (SSSR count). The summed E-state index contributed by atoms with van der Waals surface area (Å²) in [6.45, 7) is 5.84. The van der Waals surface area contributed by atoms with E-state index in [1.807, 2.05) is 13.2 Å². The summed E-state index contributed by atoms with van der Waals surface area (Å²) in [7, 11) is 0. The summed E-state index contributed by atoms with van der Waals surface area (Å²) in [5, 5.41) is 8.02. The van der Waals surface area contributed by atoms with Gasteiger partial charge < -0.3 is 0 Å². The van der Waals surface area contributed by atoms with Gasteiger partial charge in [-0.25, -0.2) is 0 Å². The molecule has 2 nitrogen and oxygen atoms in total. The highest BCUT2D eigenvalue weighted by Crippen LogP contribution is 2.27. The molecule has 0 aliphatic carbocycles. The van der Waals surface area contributed by atoms with Crippen molar-refractivity contribution in [3.8, 4) is 0 Å². The van der Waals surface area contributed by atoms with Crippen LogP contribution in [0, 0.1) is 0 Å². The lowest BCUT2D eigenvalue weighted by Crippen LogP contribution is -1.78. The Morgan fingerprint density at radius 2 is 2.17 bits per heavy atom. The molecule has 0 radical (unpaired) electrons. The molecule has 0 unspecified atom stereocenters. The molecule has 0 spiro atoms. The zero-order valence-electron chi connectivity index (χ0n) is 7.03. The molecular formula is C7H10N2S3. The van der Waals surface area contributed by atoms with Crippen LogP contribution < -0.4 is 0 Å². The first kappa shape index (κ1) is 10.1. The first-order valence-corrected chi connectivity index (χ1v) is 6.39. The van der Waals surface area contributed by atoms with Gasteiger partial charge in [-0.05, 0) is 13.2 Å². The summed E-state index contributed by atoms with van der Waals surface area (Å²) >= 11 is 4.97. The van der Waals surface area contributed by atoms with Crippen molar-refractivity contribution >= 4 is 34.9 Å². The third-order valence-corrected chi connectivity index (χ3v) is 4.27. The number of hydrogen-bond donors (Lipinski definition) is 0. The molecule has 0 aliphatic rings. The van der Waals surface area contributed by atoms with E-state index in [2.05, 4.69) is 16.8 Å². The Balaban J connectivity index is 2.47. The Labute approximate surface area is 84.9 Å². The maximum atomic E-state index is 4.03. The smallest absolute Gasteiger partial charge is 0.131 e. The molecule has 0 fully saturated rings. The molecule has 12 heavy (non-hydrogen) atoms. The number of thioether (sulfide) groups is 2. The van der Waals surface area contributed by atoms with Crippen molar-refractivity contribution in [3.63, 3.8) is 0 Å². The predicted molar refractivity (Wildman–Crippen MR) is 57.2 cm³/mol. The standard InChI is InChI=1S/C7H10N2S3/c1-5(2)4-11-7-9-8-6(10-3)12-7/h1,4H2,2-3H3. The zero-order chi connectivity index (χ0) is 8.97. The molecule has 66 valence electrons. The van der Waals surface area contributed by atoms with Gasteiger partial charge in [0, 0.05) is 5.75 Å². The molecule has 0 N–H and O–H groups in total. The topological polar surface area (TPSA) is 25.8 Å². The van der Waals surface area contributed by atoms with Crippen molar-refractivity contribution in [1.29, 1.82) is 0 Å². The fourth-order valence-electron chi connectivity index (χ4n) is 0.523. The van der Waals surface area contributed by atoms with E-state index in [1.54, 1.807) is 34.9 Å². The Morgan fingerprint density at radius 1 is 1.50 bits per heavy atom. The summed E-state index contributed by atoms with van der Waals surface area (Å²) in [6.07, 6.45) is 2.01. The molecule has 0 saturated heterocycles. The molecule has 1 heterocycles. The summed E-state index contributed by atoms with van der Waals surface area (Å²) < 4.78 is 2.06. The number of hydrogen-bond acceptors (Lipinski definition) is 5. The summed E-state index contributed by atoms with van der Waals surface area (Å²) in [6, 6.07) is 0. The fourth-order valence-corrected chi connectivity index (χ4v) is 2.80. The largest absolute Gasteiger partial charge is 0.175 e. The lowest BCUT2D eigenvalue weighted by molar-refractivity contribution is 0.956. The SMILES string of the molecule is C=C(C)CSc1nnc(SC)s1. The maximum absolute atomic E-state index is 4.03. The van der Waals surface area contributed by atoms with Gasteiger partial charge in [-0.1, -0.05) is 47.0 Å². The van der Waals surface area contributed by atoms with E-state index in [-0.39, 0.29) is 0 Å². The Bertz CT molecular complexity index is 269. The second-order valence-electron chi connectivity index (χ2n) is 2.28. The normalized spacial score (nSPS) is 10.2. The van der Waals surface area contributed by atoms with Gasteiger partial charge in [0.25, 0.3) is 0 Å². The van der Waals surface area contributed by atoms with Crippen LogP contribution in [-0.2, 0) is 0 Å². The quantitative estimate of drug-likeness (QED) is 0.573. The van der Waals surface area contributed by atoms with Crippen molar-refractivity contribution in [1.82, 2.24) is 10.2 Å². The van der Waals surface area contributed by atoms with Crippen LogP contribution in [0.25, 0.3) is 0 Å². The molecule has 1 aromatic rings. The second-order valence-corrected chi connectivity index (χ2v) is 5.54. The molecule has 5 heteroatoms. The van der Waals surface area contributed by atoms with Crippen molar-refractivity contribution in [2.24, 2.45) is 0 Å². The first-order chi connectivity index (χ1) is 5.72. The molecule has 0 saturated carbocycles. The summed E-state index contributed by atoms with van der Waals surface area (Å²) in [5.74, 6) is 0.934. The van der Waals surface area contributed by atoms with Crippen molar-refractivity contribution in [2.75, 3.05) is 12.0 Å². The van der Waals surface area contributed by atoms with E-state index in [9.17, 15) is 0 Å². The fraction of sp³-hybridized carbons (Fsp3) is 0.429. The van der Waals surface area contributed by atoms with Gasteiger partial charge in [-0.3, -0.25) is 0 Å². The third-order valence-electron chi connectivity index (χ3n) is 1.00. The van der Waals surface area contributed by atoms with Crippen LogP contribution in [0.15, 0.2) is 20.8 Å². The summed E-state index contributed by atoms with van der Waals surface area (Å²) in [4.78, 5) is 0. The molecule has 0 amide bonds. The van der Waals surface area contributed by atoms with Gasteiger partial charge in [0.15, 0.2) is 8.68 Å². The van der Waals surface area contributed by atoms with E-state index in [0.717, 1.165) is 14.4 Å². The average molecular weight is 218 g/mol. The highest BCUT2D eigenvalue weighted by Gasteiger charge is 2.02. The highest BCUT2D eigenvalue weighted by atomic mass is 32.2. The van der Waals surface area contributed by atoms with Gasteiger partial charge in [-0.15, -0.1) is 10.2 Å². The van der Waals surface area contributed by atoms with Crippen LogP contribution in [-0.4, -0.2) is 22.2 Å². The molecule has 0 aliphatic heterocycles. The van der Waals surface area contributed by atoms with Gasteiger partial charge in [0.2, 0.25) is 0 Å². The first-order valence-electron chi connectivity index (χ1n) is 3.37. The van der Waals surface area contributed by atoms with Crippen LogP contribution in [0.2, 0.25) is 0 Å².